The summed E-state index contributed by atoms with van der Waals surface area (Å²) in [6, 6.07) is 0.810. The minimum absolute atomic E-state index is 0.810. The maximum atomic E-state index is 2.47. The maximum Gasteiger partial charge on any atom is 0.00891 e. The van der Waals surface area contributed by atoms with E-state index >= 15 is 0 Å². The van der Waals surface area contributed by atoms with Gasteiger partial charge in [-0.15, -0.1) is 0 Å². The standard InChI is InChI=1S/C29H57N/c1-5-7-9-11-12-13-14-15-16-17-18-19-20-21-22-24-26-28-29(30(3)4)27-25-23-10-8-6-2/h12-13,15-16,29H,5-11,14,17-28H2,1-4H3/b13-12+,16-15+. The monoisotopic (exact) mass is 419 g/mol. The summed E-state index contributed by atoms with van der Waals surface area (Å²) in [5.41, 5.74) is 0. The summed E-state index contributed by atoms with van der Waals surface area (Å²) in [5, 5.41) is 0. The van der Waals surface area contributed by atoms with Gasteiger partial charge < -0.3 is 4.90 Å². The third kappa shape index (κ3) is 22.1. The number of allylic oxidation sites excluding steroid dienone is 4. The molecule has 0 aromatic heterocycles. The van der Waals surface area contributed by atoms with Crippen molar-refractivity contribution in [2.24, 2.45) is 0 Å². The van der Waals surface area contributed by atoms with E-state index in [1.807, 2.05) is 0 Å². The fourth-order valence-electron chi connectivity index (χ4n) is 4.19. The van der Waals surface area contributed by atoms with Gasteiger partial charge in [-0.05, 0) is 59.0 Å². The van der Waals surface area contributed by atoms with E-state index in [2.05, 4.69) is 57.1 Å². The third-order valence-electron chi connectivity index (χ3n) is 6.36. The SMILES string of the molecule is CCCCC/C=C/C/C=C/CCCCCCCCCC(CCCCCCC)N(C)C. The van der Waals surface area contributed by atoms with Gasteiger partial charge in [0.2, 0.25) is 0 Å². The molecule has 0 radical (unpaired) electrons. The zero-order valence-corrected chi connectivity index (χ0v) is 21.5. The highest BCUT2D eigenvalue weighted by atomic mass is 15.1. The van der Waals surface area contributed by atoms with E-state index < -0.39 is 0 Å². The van der Waals surface area contributed by atoms with Crippen molar-refractivity contribution in [2.75, 3.05) is 14.1 Å². The number of hydrogen-bond acceptors (Lipinski definition) is 1. The topological polar surface area (TPSA) is 3.24 Å². The van der Waals surface area contributed by atoms with Crippen LogP contribution in [0, 0.1) is 0 Å². The van der Waals surface area contributed by atoms with Crippen LogP contribution in [0.2, 0.25) is 0 Å². The lowest BCUT2D eigenvalue weighted by atomic mass is 9.99. The Hall–Kier alpha value is -0.560. The van der Waals surface area contributed by atoms with Crippen LogP contribution >= 0.6 is 0 Å². The third-order valence-corrected chi connectivity index (χ3v) is 6.36. The van der Waals surface area contributed by atoms with Crippen molar-refractivity contribution in [2.45, 2.75) is 148 Å². The van der Waals surface area contributed by atoms with E-state index in [-0.39, 0.29) is 0 Å². The van der Waals surface area contributed by atoms with Crippen molar-refractivity contribution in [1.29, 1.82) is 0 Å². The lowest BCUT2D eigenvalue weighted by molar-refractivity contribution is 0.251. The molecule has 0 aromatic carbocycles. The van der Waals surface area contributed by atoms with Gasteiger partial charge in [0.25, 0.3) is 0 Å². The molecule has 1 atom stereocenters. The Kier molecular flexibility index (Phi) is 24.2. The molecule has 1 nitrogen and oxygen atoms in total. The predicted octanol–water partition coefficient (Wildman–Crippen LogP) is 9.87. The van der Waals surface area contributed by atoms with Gasteiger partial charge in [-0.2, -0.15) is 0 Å². The zero-order valence-electron chi connectivity index (χ0n) is 21.5. The summed E-state index contributed by atoms with van der Waals surface area (Å²) in [5.74, 6) is 0. The number of hydrogen-bond donors (Lipinski definition) is 0. The molecule has 0 aliphatic rings. The number of unbranched alkanes of at least 4 members (excludes halogenated alkanes) is 14. The van der Waals surface area contributed by atoms with E-state index in [0.717, 1.165) is 12.5 Å². The van der Waals surface area contributed by atoms with Crippen LogP contribution < -0.4 is 0 Å². The molecule has 30 heavy (non-hydrogen) atoms. The average Bonchev–Trinajstić information content (AvgIpc) is 2.74. The Labute approximate surface area is 191 Å². The highest BCUT2D eigenvalue weighted by Crippen LogP contribution is 2.17. The van der Waals surface area contributed by atoms with Crippen LogP contribution in [0.1, 0.15) is 142 Å². The predicted molar refractivity (Wildman–Crippen MR) is 139 cm³/mol. The first kappa shape index (κ1) is 29.4. The Balaban J connectivity index is 3.43. The van der Waals surface area contributed by atoms with Gasteiger partial charge in [0.05, 0.1) is 0 Å². The first-order chi connectivity index (χ1) is 14.7. The van der Waals surface area contributed by atoms with E-state index in [0.29, 0.717) is 0 Å². The molecule has 0 aromatic rings. The van der Waals surface area contributed by atoms with Crippen LogP contribution in [0.4, 0.5) is 0 Å². The van der Waals surface area contributed by atoms with Gasteiger partial charge in [0.15, 0.2) is 0 Å². The molecule has 0 saturated heterocycles. The van der Waals surface area contributed by atoms with E-state index in [1.54, 1.807) is 0 Å². The van der Waals surface area contributed by atoms with Crippen LogP contribution in [0.5, 0.6) is 0 Å². The van der Waals surface area contributed by atoms with Crippen LogP contribution in [0.3, 0.4) is 0 Å². The van der Waals surface area contributed by atoms with Crippen molar-refractivity contribution in [3.8, 4) is 0 Å². The van der Waals surface area contributed by atoms with Crippen LogP contribution in [0.15, 0.2) is 24.3 Å². The lowest BCUT2D eigenvalue weighted by Gasteiger charge is -2.24. The molecule has 0 aliphatic heterocycles. The molecule has 0 fully saturated rings. The summed E-state index contributed by atoms with van der Waals surface area (Å²) < 4.78 is 0. The van der Waals surface area contributed by atoms with Gasteiger partial charge in [-0.25, -0.2) is 0 Å². The highest BCUT2D eigenvalue weighted by Gasteiger charge is 2.10. The van der Waals surface area contributed by atoms with Gasteiger partial charge in [-0.3, -0.25) is 0 Å². The summed E-state index contributed by atoms with van der Waals surface area (Å²) in [7, 11) is 4.55. The van der Waals surface area contributed by atoms with Crippen LogP contribution in [-0.4, -0.2) is 25.0 Å². The van der Waals surface area contributed by atoms with Crippen LogP contribution in [0.25, 0.3) is 0 Å². The molecule has 0 amide bonds. The van der Waals surface area contributed by atoms with Gasteiger partial charge in [0, 0.05) is 6.04 Å². The Morgan fingerprint density at radius 2 is 0.900 bits per heavy atom. The fourth-order valence-corrected chi connectivity index (χ4v) is 4.19. The molecule has 1 unspecified atom stereocenters. The summed E-state index contributed by atoms with van der Waals surface area (Å²) in [6.07, 6.45) is 36.9. The minimum atomic E-state index is 0.810. The number of rotatable bonds is 23. The molecule has 0 N–H and O–H groups in total. The first-order valence-corrected chi connectivity index (χ1v) is 13.7. The van der Waals surface area contributed by atoms with Crippen molar-refractivity contribution in [3.05, 3.63) is 24.3 Å². The van der Waals surface area contributed by atoms with E-state index in [1.165, 1.54) is 122 Å². The van der Waals surface area contributed by atoms with E-state index in [9.17, 15) is 0 Å². The number of nitrogens with zero attached hydrogens (tertiary/aromatic N) is 1. The second kappa shape index (κ2) is 24.7. The van der Waals surface area contributed by atoms with Crippen molar-refractivity contribution in [3.63, 3.8) is 0 Å². The van der Waals surface area contributed by atoms with Crippen LogP contribution in [-0.2, 0) is 0 Å². The molecule has 0 rings (SSSR count). The highest BCUT2D eigenvalue weighted by molar-refractivity contribution is 4.92. The van der Waals surface area contributed by atoms with Gasteiger partial charge in [0.1, 0.15) is 0 Å². The van der Waals surface area contributed by atoms with Crippen molar-refractivity contribution < 1.29 is 0 Å². The van der Waals surface area contributed by atoms with Crippen molar-refractivity contribution in [1.82, 2.24) is 4.90 Å². The summed E-state index contributed by atoms with van der Waals surface area (Å²) >= 11 is 0. The largest absolute Gasteiger partial charge is 0.306 e. The molecule has 0 heterocycles. The Morgan fingerprint density at radius 1 is 0.500 bits per heavy atom. The summed E-state index contributed by atoms with van der Waals surface area (Å²) in [4.78, 5) is 2.47. The second-order valence-corrected chi connectivity index (χ2v) is 9.55. The second-order valence-electron chi connectivity index (χ2n) is 9.55. The Bertz CT molecular complexity index is 369. The lowest BCUT2D eigenvalue weighted by Crippen LogP contribution is -2.27. The quantitative estimate of drug-likeness (QED) is 0.118. The molecule has 178 valence electrons. The van der Waals surface area contributed by atoms with Gasteiger partial charge in [-0.1, -0.05) is 122 Å². The molecule has 0 saturated carbocycles. The zero-order chi connectivity index (χ0) is 22.1. The average molecular weight is 420 g/mol. The maximum absolute atomic E-state index is 2.47. The molecular weight excluding hydrogens is 362 g/mol. The van der Waals surface area contributed by atoms with Gasteiger partial charge >= 0.3 is 0 Å². The minimum Gasteiger partial charge on any atom is -0.306 e. The van der Waals surface area contributed by atoms with Crippen molar-refractivity contribution >= 4 is 0 Å². The smallest absolute Gasteiger partial charge is 0.00891 e. The summed E-state index contributed by atoms with van der Waals surface area (Å²) in [6.45, 7) is 4.57. The van der Waals surface area contributed by atoms with E-state index in [4.69, 9.17) is 0 Å². The molecular formula is C29H57N. The molecule has 1 heteroatoms. The Morgan fingerprint density at radius 3 is 1.40 bits per heavy atom. The molecule has 0 aliphatic carbocycles. The first-order valence-electron chi connectivity index (χ1n) is 13.7. The normalized spacial score (nSPS) is 13.2. The molecule has 0 bridgehead atoms. The molecule has 0 spiro atoms. The fraction of sp³-hybridized carbons (Fsp3) is 0.862.